The van der Waals surface area contributed by atoms with Gasteiger partial charge in [0, 0.05) is 19.3 Å². The summed E-state index contributed by atoms with van der Waals surface area (Å²) in [5.74, 6) is 0.810. The summed E-state index contributed by atoms with van der Waals surface area (Å²) >= 11 is 0. The smallest absolute Gasteiger partial charge is 0.337 e. The molecule has 2 fully saturated rings. The lowest BCUT2D eigenvalue weighted by Crippen LogP contribution is -2.44. The molecule has 1 atom stereocenters. The highest BCUT2D eigenvalue weighted by Gasteiger charge is 2.41. The predicted molar refractivity (Wildman–Crippen MR) is 78.0 cm³/mol. The van der Waals surface area contributed by atoms with Gasteiger partial charge >= 0.3 is 8.56 Å². The fraction of sp³-hybridized carbons (Fsp3) is 1.00. The zero-order chi connectivity index (χ0) is 12.8. The summed E-state index contributed by atoms with van der Waals surface area (Å²) in [7, 11) is -0.0298. The number of hydrogen-bond acceptors (Lipinski definition) is 2. The molecule has 2 nitrogen and oxygen atoms in total. The maximum atomic E-state index is 6.37. The highest BCUT2D eigenvalue weighted by molar-refractivity contribution is 6.67. The van der Waals surface area contributed by atoms with Gasteiger partial charge in [-0.15, -0.1) is 0 Å². The summed E-state index contributed by atoms with van der Waals surface area (Å²) in [4.78, 5) is 0. The van der Waals surface area contributed by atoms with Gasteiger partial charge in [-0.3, -0.25) is 0 Å². The van der Waals surface area contributed by atoms with Crippen molar-refractivity contribution in [3.05, 3.63) is 0 Å². The van der Waals surface area contributed by atoms with Crippen molar-refractivity contribution in [1.82, 2.24) is 0 Å². The van der Waals surface area contributed by atoms with Crippen molar-refractivity contribution < 1.29 is 8.85 Å². The van der Waals surface area contributed by atoms with Gasteiger partial charge in [-0.05, 0) is 38.1 Å². The van der Waals surface area contributed by atoms with Crippen LogP contribution in [0.25, 0.3) is 0 Å². The largest absolute Gasteiger partial charge is 0.398 e. The van der Waals surface area contributed by atoms with Crippen LogP contribution in [0.2, 0.25) is 12.1 Å². The molecule has 0 aromatic carbocycles. The first-order valence-electron chi connectivity index (χ1n) is 7.94. The molecule has 2 saturated carbocycles. The van der Waals surface area contributed by atoms with Crippen LogP contribution in [0.15, 0.2) is 0 Å². The van der Waals surface area contributed by atoms with Gasteiger partial charge in [0.05, 0.1) is 0 Å². The van der Waals surface area contributed by atoms with Crippen molar-refractivity contribution in [2.24, 2.45) is 5.92 Å². The van der Waals surface area contributed by atoms with Crippen LogP contribution in [0.3, 0.4) is 0 Å². The van der Waals surface area contributed by atoms with Gasteiger partial charge in [0.2, 0.25) is 0 Å². The van der Waals surface area contributed by atoms with Crippen LogP contribution < -0.4 is 0 Å². The highest BCUT2D eigenvalue weighted by Crippen LogP contribution is 2.38. The molecule has 0 aliphatic heterocycles. The quantitative estimate of drug-likeness (QED) is 0.678. The lowest BCUT2D eigenvalue weighted by Gasteiger charge is -2.37. The molecule has 18 heavy (non-hydrogen) atoms. The minimum atomic E-state index is -1.91. The summed E-state index contributed by atoms with van der Waals surface area (Å²) in [5.41, 5.74) is 0.736. The Bertz CT molecular complexity index is 235. The third kappa shape index (κ3) is 3.81. The first-order valence-corrected chi connectivity index (χ1v) is 10.3. The molecule has 2 rings (SSSR count). The fourth-order valence-electron chi connectivity index (χ4n) is 3.61. The average molecular weight is 270 g/mol. The van der Waals surface area contributed by atoms with E-state index in [9.17, 15) is 0 Å². The predicted octanol–water partition coefficient (Wildman–Crippen LogP) is 4.64. The van der Waals surface area contributed by atoms with Gasteiger partial charge in [0.1, 0.15) is 0 Å². The van der Waals surface area contributed by atoms with E-state index in [2.05, 4.69) is 6.55 Å². The van der Waals surface area contributed by atoms with E-state index in [0.717, 1.165) is 18.1 Å². The average Bonchev–Trinajstić information content (AvgIpc) is 2.47. The Balaban J connectivity index is 1.82. The van der Waals surface area contributed by atoms with Crippen LogP contribution in [0.4, 0.5) is 0 Å². The summed E-state index contributed by atoms with van der Waals surface area (Å²) in [6, 6.07) is 0. The normalized spacial score (nSPS) is 27.0. The minimum Gasteiger partial charge on any atom is -0.398 e. The van der Waals surface area contributed by atoms with Crippen LogP contribution in [-0.2, 0) is 8.85 Å². The molecule has 0 aromatic heterocycles. The Hall–Kier alpha value is 0.137. The minimum absolute atomic E-state index is 0.736. The first kappa shape index (κ1) is 14.5. The summed E-state index contributed by atoms with van der Waals surface area (Å²) in [6.07, 6.45) is 13.8. The first-order chi connectivity index (χ1) is 8.74. The molecule has 106 valence electrons. The maximum Gasteiger partial charge on any atom is 0.337 e. The van der Waals surface area contributed by atoms with E-state index in [0.29, 0.717) is 0 Å². The monoisotopic (exact) mass is 270 g/mol. The van der Waals surface area contributed by atoms with Crippen molar-refractivity contribution >= 4 is 8.56 Å². The molecule has 0 aromatic rings. The van der Waals surface area contributed by atoms with Crippen LogP contribution >= 0.6 is 0 Å². The van der Waals surface area contributed by atoms with Gasteiger partial charge in [-0.1, -0.05) is 38.5 Å². The molecular formula is C15H30O2Si. The second-order valence-corrected chi connectivity index (χ2v) is 9.92. The lowest BCUT2D eigenvalue weighted by molar-refractivity contribution is 0.139. The van der Waals surface area contributed by atoms with E-state index in [1.165, 1.54) is 64.2 Å². The van der Waals surface area contributed by atoms with Crippen molar-refractivity contribution in [3.63, 3.8) is 0 Å². The van der Waals surface area contributed by atoms with E-state index < -0.39 is 8.56 Å². The summed E-state index contributed by atoms with van der Waals surface area (Å²) in [6.45, 7) is 3.26. The fourth-order valence-corrected chi connectivity index (χ4v) is 6.32. The van der Waals surface area contributed by atoms with Crippen molar-refractivity contribution in [2.75, 3.05) is 13.7 Å². The van der Waals surface area contributed by atoms with E-state index in [-0.39, 0.29) is 0 Å². The van der Waals surface area contributed by atoms with Gasteiger partial charge < -0.3 is 8.85 Å². The third-order valence-corrected chi connectivity index (χ3v) is 8.69. The highest BCUT2D eigenvalue weighted by atomic mass is 28.4. The Morgan fingerprint density at radius 2 is 1.44 bits per heavy atom. The molecule has 0 bridgehead atoms. The second-order valence-electron chi connectivity index (χ2n) is 6.37. The molecule has 2 aliphatic carbocycles. The standard InChI is InChI=1S/C15H30O2Si/c1-16-18(2,15-11-7-4-8-12-15)17-13-14-9-5-3-6-10-14/h14-15H,3-13H2,1-2H3. The maximum absolute atomic E-state index is 6.37. The molecule has 1 unspecified atom stereocenters. The van der Waals surface area contributed by atoms with Gasteiger partial charge in [-0.25, -0.2) is 0 Å². The van der Waals surface area contributed by atoms with Crippen LogP contribution in [0.5, 0.6) is 0 Å². The Kier molecular flexibility index (Phi) is 5.71. The summed E-state index contributed by atoms with van der Waals surface area (Å²) in [5, 5.41) is 0. The molecule has 0 saturated heterocycles. The van der Waals surface area contributed by atoms with Gasteiger partial charge in [-0.2, -0.15) is 0 Å². The number of hydrogen-bond donors (Lipinski definition) is 0. The summed E-state index contributed by atoms with van der Waals surface area (Å²) < 4.78 is 12.3. The second kappa shape index (κ2) is 7.06. The molecular weight excluding hydrogens is 240 g/mol. The Morgan fingerprint density at radius 3 is 2.00 bits per heavy atom. The third-order valence-electron chi connectivity index (χ3n) is 5.08. The molecule has 0 amide bonds. The van der Waals surface area contributed by atoms with E-state index >= 15 is 0 Å². The zero-order valence-corrected chi connectivity index (χ0v) is 13.2. The van der Waals surface area contributed by atoms with Crippen LogP contribution in [0.1, 0.15) is 64.2 Å². The molecule has 0 radical (unpaired) electrons. The Morgan fingerprint density at radius 1 is 0.889 bits per heavy atom. The van der Waals surface area contributed by atoms with Gasteiger partial charge in [0.15, 0.2) is 0 Å². The molecule has 0 spiro atoms. The van der Waals surface area contributed by atoms with Crippen LogP contribution in [0, 0.1) is 5.92 Å². The van der Waals surface area contributed by atoms with Crippen LogP contribution in [-0.4, -0.2) is 22.3 Å². The molecule has 2 aliphatic rings. The van der Waals surface area contributed by atoms with Crippen molar-refractivity contribution in [3.8, 4) is 0 Å². The van der Waals surface area contributed by atoms with Crippen molar-refractivity contribution in [2.45, 2.75) is 76.3 Å². The van der Waals surface area contributed by atoms with Gasteiger partial charge in [0.25, 0.3) is 0 Å². The topological polar surface area (TPSA) is 18.5 Å². The molecule has 3 heteroatoms. The van der Waals surface area contributed by atoms with E-state index in [1.54, 1.807) is 0 Å². The number of rotatable bonds is 5. The van der Waals surface area contributed by atoms with E-state index in [4.69, 9.17) is 8.85 Å². The SMILES string of the molecule is CO[Si](C)(OCC1CCCCC1)C1CCCCC1. The zero-order valence-electron chi connectivity index (χ0n) is 12.2. The molecule has 0 heterocycles. The van der Waals surface area contributed by atoms with Crippen molar-refractivity contribution in [1.29, 1.82) is 0 Å². The lowest BCUT2D eigenvalue weighted by atomic mass is 9.90. The Labute approximate surface area is 114 Å². The molecule has 0 N–H and O–H groups in total. The van der Waals surface area contributed by atoms with E-state index in [1.807, 2.05) is 7.11 Å².